The van der Waals surface area contributed by atoms with Crippen LogP contribution in [-0.2, 0) is 14.8 Å². The molecule has 0 aromatic heterocycles. The number of halogens is 2. The summed E-state index contributed by atoms with van der Waals surface area (Å²) in [6.07, 6.45) is 0.817. The van der Waals surface area contributed by atoms with Crippen LogP contribution >= 0.6 is 31.9 Å². The summed E-state index contributed by atoms with van der Waals surface area (Å²) in [5.74, 6) is 0.251. The molecule has 0 saturated carbocycles. The lowest BCUT2D eigenvalue weighted by Crippen LogP contribution is -2.30. The Morgan fingerprint density at radius 2 is 2.00 bits per heavy atom. The van der Waals surface area contributed by atoms with Gasteiger partial charge in [-0.1, -0.05) is 0 Å². The Labute approximate surface area is 135 Å². The average molecular weight is 428 g/mol. The number of rotatable bonds is 4. The van der Waals surface area contributed by atoms with Crippen LogP contribution in [0, 0.1) is 5.92 Å². The van der Waals surface area contributed by atoms with Crippen LogP contribution in [0.5, 0.6) is 0 Å². The normalized spacial score (nSPS) is 20.4. The summed E-state index contributed by atoms with van der Waals surface area (Å²) < 4.78 is 33.0. The molecule has 0 bridgehead atoms. The van der Waals surface area contributed by atoms with Gasteiger partial charge in [-0.25, -0.2) is 8.42 Å². The first-order valence-electron chi connectivity index (χ1n) is 6.10. The third-order valence-electron chi connectivity index (χ3n) is 3.27. The first-order chi connectivity index (χ1) is 9.36. The second-order valence-corrected chi connectivity index (χ2v) is 8.37. The number of benzene rings is 1. The van der Waals surface area contributed by atoms with Crippen LogP contribution in [0.3, 0.4) is 0 Å². The van der Waals surface area contributed by atoms with Crippen molar-refractivity contribution >= 4 is 47.6 Å². The van der Waals surface area contributed by atoms with Gasteiger partial charge in [-0.15, -0.1) is 0 Å². The maximum absolute atomic E-state index is 12.7. The van der Waals surface area contributed by atoms with Crippen molar-refractivity contribution in [3.8, 4) is 0 Å². The fourth-order valence-corrected chi connectivity index (χ4v) is 6.41. The van der Waals surface area contributed by atoms with Crippen molar-refractivity contribution in [3.63, 3.8) is 0 Å². The van der Waals surface area contributed by atoms with E-state index in [1.807, 2.05) is 0 Å². The van der Waals surface area contributed by atoms with Crippen LogP contribution < -0.4 is 5.73 Å². The van der Waals surface area contributed by atoms with Crippen LogP contribution in [0.2, 0.25) is 0 Å². The Balaban J connectivity index is 2.33. The lowest BCUT2D eigenvalue weighted by atomic mass is 10.1. The third kappa shape index (κ3) is 3.19. The summed E-state index contributed by atoms with van der Waals surface area (Å²) in [7, 11) is -1.91. The highest BCUT2D eigenvalue weighted by Gasteiger charge is 2.34. The van der Waals surface area contributed by atoms with Gasteiger partial charge in [0.2, 0.25) is 10.0 Å². The highest BCUT2D eigenvalue weighted by molar-refractivity contribution is 9.11. The molecule has 8 heteroatoms. The molecule has 2 rings (SSSR count). The van der Waals surface area contributed by atoms with E-state index in [1.165, 1.54) is 4.31 Å². The molecule has 1 heterocycles. The van der Waals surface area contributed by atoms with E-state index in [2.05, 4.69) is 31.9 Å². The van der Waals surface area contributed by atoms with Gasteiger partial charge in [0.05, 0.1) is 6.61 Å². The van der Waals surface area contributed by atoms with E-state index in [0.29, 0.717) is 34.3 Å². The molecule has 1 aliphatic rings. The van der Waals surface area contributed by atoms with Gasteiger partial charge >= 0.3 is 0 Å². The Kier molecular flexibility index (Phi) is 5.12. The van der Waals surface area contributed by atoms with Crippen molar-refractivity contribution in [2.75, 3.05) is 32.5 Å². The second-order valence-electron chi connectivity index (χ2n) is 4.79. The van der Waals surface area contributed by atoms with Crippen LogP contribution in [-0.4, -0.2) is 39.5 Å². The summed E-state index contributed by atoms with van der Waals surface area (Å²) in [6, 6.07) is 3.20. The smallest absolute Gasteiger partial charge is 0.245 e. The van der Waals surface area contributed by atoms with Gasteiger partial charge in [0.1, 0.15) is 4.90 Å². The van der Waals surface area contributed by atoms with Crippen molar-refractivity contribution in [2.24, 2.45) is 5.92 Å². The summed E-state index contributed by atoms with van der Waals surface area (Å²) in [4.78, 5) is 0.227. The monoisotopic (exact) mass is 426 g/mol. The molecule has 1 atom stereocenters. The molecule has 1 fully saturated rings. The largest absolute Gasteiger partial charge is 0.399 e. The number of hydrogen-bond acceptors (Lipinski definition) is 4. The number of ether oxygens (including phenoxy) is 1. The fraction of sp³-hybridized carbons (Fsp3) is 0.500. The number of nitrogen functional groups attached to an aromatic ring is 1. The summed E-state index contributed by atoms with van der Waals surface area (Å²) in [5, 5.41) is 0. The molecule has 0 radical (unpaired) electrons. The van der Waals surface area contributed by atoms with E-state index in [4.69, 9.17) is 10.5 Å². The number of methoxy groups -OCH3 is 1. The first kappa shape index (κ1) is 16.2. The standard InChI is InChI=1S/C12H16Br2N2O3S/c1-19-7-8-2-3-16(6-8)20(17,18)12-10(13)4-9(15)5-11(12)14/h4-5,8H,2-3,6-7,15H2,1H3. The van der Waals surface area contributed by atoms with Gasteiger partial charge in [-0.3, -0.25) is 0 Å². The maximum Gasteiger partial charge on any atom is 0.245 e. The van der Waals surface area contributed by atoms with Crippen molar-refractivity contribution < 1.29 is 13.2 Å². The number of sulfonamides is 1. The van der Waals surface area contributed by atoms with Crippen LogP contribution in [0.25, 0.3) is 0 Å². The average Bonchev–Trinajstić information content (AvgIpc) is 2.76. The topological polar surface area (TPSA) is 72.6 Å². The van der Waals surface area contributed by atoms with Gasteiger partial charge in [0.15, 0.2) is 0 Å². The van der Waals surface area contributed by atoms with E-state index in [1.54, 1.807) is 19.2 Å². The SMILES string of the molecule is COCC1CCN(S(=O)(=O)c2c(Br)cc(N)cc2Br)C1. The van der Waals surface area contributed by atoms with E-state index in [9.17, 15) is 8.42 Å². The van der Waals surface area contributed by atoms with Gasteiger partial charge in [-0.05, 0) is 56.3 Å². The van der Waals surface area contributed by atoms with Gasteiger partial charge in [-0.2, -0.15) is 4.31 Å². The highest BCUT2D eigenvalue weighted by Crippen LogP contribution is 2.36. The number of anilines is 1. The lowest BCUT2D eigenvalue weighted by molar-refractivity contribution is 0.157. The zero-order valence-electron chi connectivity index (χ0n) is 11.0. The maximum atomic E-state index is 12.7. The Hall–Kier alpha value is -0.150. The van der Waals surface area contributed by atoms with Crippen molar-refractivity contribution in [1.29, 1.82) is 0 Å². The Morgan fingerprint density at radius 1 is 1.40 bits per heavy atom. The third-order valence-corrected chi connectivity index (χ3v) is 7.01. The fourth-order valence-electron chi connectivity index (χ4n) is 2.34. The minimum Gasteiger partial charge on any atom is -0.399 e. The molecular formula is C12H16Br2N2O3S. The zero-order valence-corrected chi connectivity index (χ0v) is 15.0. The zero-order chi connectivity index (χ0) is 14.9. The van der Waals surface area contributed by atoms with Gasteiger partial charge in [0.25, 0.3) is 0 Å². The molecular weight excluding hydrogens is 412 g/mol. The molecule has 0 amide bonds. The van der Waals surface area contributed by atoms with Crippen LogP contribution in [0.4, 0.5) is 5.69 Å². The minimum absolute atomic E-state index is 0.227. The van der Waals surface area contributed by atoms with Crippen molar-refractivity contribution in [3.05, 3.63) is 21.1 Å². The molecule has 1 aromatic carbocycles. The van der Waals surface area contributed by atoms with Gasteiger partial charge < -0.3 is 10.5 Å². The van der Waals surface area contributed by atoms with E-state index >= 15 is 0 Å². The number of nitrogens with two attached hydrogens (primary N) is 1. The predicted octanol–water partition coefficient (Wildman–Crippen LogP) is 2.45. The quantitative estimate of drug-likeness (QED) is 0.749. The molecule has 112 valence electrons. The molecule has 1 unspecified atom stereocenters. The van der Waals surface area contributed by atoms with Gasteiger partial charge in [0, 0.05) is 34.8 Å². The second kappa shape index (κ2) is 6.31. The van der Waals surface area contributed by atoms with E-state index in [0.717, 1.165) is 6.42 Å². The number of nitrogens with zero attached hydrogens (tertiary/aromatic N) is 1. The van der Waals surface area contributed by atoms with Crippen LogP contribution in [0.15, 0.2) is 26.0 Å². The Bertz CT molecular complexity index is 584. The molecule has 1 saturated heterocycles. The first-order valence-corrected chi connectivity index (χ1v) is 9.12. The molecule has 2 N–H and O–H groups in total. The van der Waals surface area contributed by atoms with Crippen molar-refractivity contribution in [1.82, 2.24) is 4.31 Å². The van der Waals surface area contributed by atoms with Crippen molar-refractivity contribution in [2.45, 2.75) is 11.3 Å². The molecule has 5 nitrogen and oxygen atoms in total. The molecule has 0 aliphatic carbocycles. The number of hydrogen-bond donors (Lipinski definition) is 1. The molecule has 0 spiro atoms. The molecule has 1 aromatic rings. The summed E-state index contributed by atoms with van der Waals surface area (Å²) in [5.41, 5.74) is 6.20. The lowest BCUT2D eigenvalue weighted by Gasteiger charge is -2.19. The summed E-state index contributed by atoms with van der Waals surface area (Å²) >= 11 is 6.57. The highest BCUT2D eigenvalue weighted by atomic mass is 79.9. The minimum atomic E-state index is -3.54. The molecule has 20 heavy (non-hydrogen) atoms. The molecule has 1 aliphatic heterocycles. The van der Waals surface area contributed by atoms with E-state index in [-0.39, 0.29) is 10.8 Å². The summed E-state index contributed by atoms with van der Waals surface area (Å²) in [6.45, 7) is 1.58. The van der Waals surface area contributed by atoms with E-state index < -0.39 is 10.0 Å². The van der Waals surface area contributed by atoms with Crippen LogP contribution in [0.1, 0.15) is 6.42 Å². The predicted molar refractivity (Wildman–Crippen MR) is 85.0 cm³/mol. The Morgan fingerprint density at radius 3 is 2.55 bits per heavy atom.